The van der Waals surface area contributed by atoms with E-state index in [4.69, 9.17) is 16.7 Å². The monoisotopic (exact) mass is 289 g/mol. The fraction of sp³-hybridized carbons (Fsp3) is 0.222. The van der Waals surface area contributed by atoms with Gasteiger partial charge in [-0.3, -0.25) is 4.79 Å². The van der Waals surface area contributed by atoms with Gasteiger partial charge in [0.05, 0.1) is 11.5 Å². The molecule has 0 saturated heterocycles. The van der Waals surface area contributed by atoms with Crippen molar-refractivity contribution in [1.82, 2.24) is 15.0 Å². The number of aliphatic hydroxyl groups is 1. The predicted octanol–water partition coefficient (Wildman–Crippen LogP) is 1.83. The Kier molecular flexibility index (Phi) is 3.82. The number of aliphatic hydroxyl groups excluding tert-OH is 1. The molecule has 2 aromatic heterocycles. The number of H-pyrrole nitrogens is 1. The topological polar surface area (TPSA) is 78.9 Å². The number of aromatic amines is 1. The van der Waals surface area contributed by atoms with Crippen LogP contribution in [0.3, 0.4) is 0 Å². The molecule has 0 spiro atoms. The van der Waals surface area contributed by atoms with Crippen molar-refractivity contribution >= 4 is 34.7 Å². The van der Waals surface area contributed by atoms with E-state index in [1.807, 2.05) is 0 Å². The molecule has 0 aliphatic heterocycles. The Morgan fingerprint density at radius 1 is 1.59 bits per heavy atom. The van der Waals surface area contributed by atoms with E-state index in [2.05, 4.69) is 15.0 Å². The van der Waals surface area contributed by atoms with E-state index >= 15 is 0 Å². The number of nitrogens with one attached hydrogen (secondary N) is 1. The van der Waals surface area contributed by atoms with Crippen LogP contribution in [0.25, 0.3) is 0 Å². The summed E-state index contributed by atoms with van der Waals surface area (Å²) in [6, 6.07) is 1.41. The summed E-state index contributed by atoms with van der Waals surface area (Å²) in [5.41, 5.74) is 0.436. The van der Waals surface area contributed by atoms with Gasteiger partial charge in [-0.1, -0.05) is 11.6 Å². The Hall–Kier alpha value is -0.890. The SMILES string of the molecule is Cc1cc(=O)[nH]c(Sc2nc(Cl)c(CO)s2)n1. The molecule has 0 aromatic carbocycles. The summed E-state index contributed by atoms with van der Waals surface area (Å²) in [4.78, 5) is 22.7. The summed E-state index contributed by atoms with van der Waals surface area (Å²) in [7, 11) is 0. The van der Waals surface area contributed by atoms with Crippen molar-refractivity contribution in [2.45, 2.75) is 23.0 Å². The van der Waals surface area contributed by atoms with Gasteiger partial charge in [-0.2, -0.15) is 0 Å². The van der Waals surface area contributed by atoms with Gasteiger partial charge in [0.15, 0.2) is 9.50 Å². The van der Waals surface area contributed by atoms with Crippen LogP contribution in [0.1, 0.15) is 10.6 Å². The Bertz CT molecular complexity index is 596. The van der Waals surface area contributed by atoms with Gasteiger partial charge in [0.25, 0.3) is 5.56 Å². The lowest BCUT2D eigenvalue weighted by atomic mass is 10.5. The number of nitrogens with zero attached hydrogens (tertiary/aromatic N) is 2. The van der Waals surface area contributed by atoms with Crippen molar-refractivity contribution in [3.05, 3.63) is 32.1 Å². The van der Waals surface area contributed by atoms with E-state index in [1.54, 1.807) is 6.92 Å². The molecule has 0 aliphatic carbocycles. The summed E-state index contributed by atoms with van der Waals surface area (Å²) in [6.07, 6.45) is 0. The molecule has 17 heavy (non-hydrogen) atoms. The zero-order valence-corrected chi connectivity index (χ0v) is 11.1. The molecule has 0 radical (unpaired) electrons. The summed E-state index contributed by atoms with van der Waals surface area (Å²) in [5.74, 6) is 0. The van der Waals surface area contributed by atoms with Gasteiger partial charge >= 0.3 is 0 Å². The lowest BCUT2D eigenvalue weighted by molar-refractivity contribution is 0.285. The first kappa shape index (κ1) is 12.6. The van der Waals surface area contributed by atoms with Crippen LogP contribution in [0.5, 0.6) is 0 Å². The number of rotatable bonds is 3. The number of halogens is 1. The summed E-state index contributed by atoms with van der Waals surface area (Å²) in [5, 5.41) is 9.74. The molecule has 8 heteroatoms. The fourth-order valence-corrected chi connectivity index (χ4v) is 3.39. The molecule has 0 unspecified atom stereocenters. The van der Waals surface area contributed by atoms with E-state index < -0.39 is 0 Å². The van der Waals surface area contributed by atoms with Gasteiger partial charge in [0, 0.05) is 11.8 Å². The molecule has 0 saturated carbocycles. The lowest BCUT2D eigenvalue weighted by Gasteiger charge is -1.97. The highest BCUT2D eigenvalue weighted by molar-refractivity contribution is 8.00. The van der Waals surface area contributed by atoms with Gasteiger partial charge in [0.2, 0.25) is 0 Å². The van der Waals surface area contributed by atoms with E-state index in [9.17, 15) is 4.79 Å². The summed E-state index contributed by atoms with van der Waals surface area (Å²) < 4.78 is 0.632. The molecule has 2 N–H and O–H groups in total. The number of hydrogen-bond donors (Lipinski definition) is 2. The van der Waals surface area contributed by atoms with Crippen molar-refractivity contribution in [3.8, 4) is 0 Å². The molecule has 0 fully saturated rings. The van der Waals surface area contributed by atoms with Gasteiger partial charge in [0.1, 0.15) is 5.15 Å². The van der Waals surface area contributed by atoms with Crippen molar-refractivity contribution in [2.75, 3.05) is 0 Å². The van der Waals surface area contributed by atoms with E-state index in [0.717, 1.165) is 0 Å². The average molecular weight is 290 g/mol. The highest BCUT2D eigenvalue weighted by Crippen LogP contribution is 2.32. The van der Waals surface area contributed by atoms with Crippen molar-refractivity contribution < 1.29 is 5.11 Å². The Balaban J connectivity index is 2.27. The number of thiazole rings is 1. The first-order chi connectivity index (χ1) is 8.08. The van der Waals surface area contributed by atoms with Crippen molar-refractivity contribution in [3.63, 3.8) is 0 Å². The molecule has 2 rings (SSSR count). The van der Waals surface area contributed by atoms with Crippen LogP contribution in [-0.4, -0.2) is 20.1 Å². The molecule has 0 amide bonds. The normalized spacial score (nSPS) is 10.8. The molecule has 0 atom stereocenters. The zero-order chi connectivity index (χ0) is 12.4. The smallest absolute Gasteiger partial charge is 0.251 e. The predicted molar refractivity (Wildman–Crippen MR) is 66.8 cm³/mol. The van der Waals surface area contributed by atoms with Crippen LogP contribution in [-0.2, 0) is 6.61 Å². The molecule has 0 aliphatic rings. The molecule has 2 heterocycles. The fourth-order valence-electron chi connectivity index (χ4n) is 1.14. The summed E-state index contributed by atoms with van der Waals surface area (Å²) >= 11 is 8.29. The molecule has 90 valence electrons. The maximum absolute atomic E-state index is 11.2. The van der Waals surface area contributed by atoms with Crippen LogP contribution >= 0.6 is 34.7 Å². The zero-order valence-electron chi connectivity index (χ0n) is 8.73. The second-order valence-electron chi connectivity index (χ2n) is 3.15. The first-order valence-electron chi connectivity index (χ1n) is 4.60. The van der Waals surface area contributed by atoms with E-state index in [-0.39, 0.29) is 17.3 Å². The number of aryl methyl sites for hydroxylation is 1. The highest BCUT2D eigenvalue weighted by atomic mass is 35.5. The molecule has 5 nitrogen and oxygen atoms in total. The molecular formula is C9H8ClN3O2S2. The van der Waals surface area contributed by atoms with Crippen LogP contribution in [0.2, 0.25) is 5.15 Å². The second kappa shape index (κ2) is 5.18. The highest BCUT2D eigenvalue weighted by Gasteiger charge is 2.10. The van der Waals surface area contributed by atoms with Gasteiger partial charge < -0.3 is 10.1 Å². The molecular weight excluding hydrogens is 282 g/mol. The third kappa shape index (κ3) is 3.06. The molecule has 0 bridgehead atoms. The van der Waals surface area contributed by atoms with Crippen LogP contribution in [0.4, 0.5) is 0 Å². The van der Waals surface area contributed by atoms with Crippen LogP contribution in [0.15, 0.2) is 20.4 Å². The standard InChI is InChI=1S/C9H8ClN3O2S2/c1-4-2-6(15)12-8(11-4)17-9-13-7(10)5(3-14)16-9/h2,14H,3H2,1H3,(H,11,12,15). The third-order valence-corrected chi connectivity index (χ3v) is 4.22. The van der Waals surface area contributed by atoms with Crippen LogP contribution < -0.4 is 5.56 Å². The minimum Gasteiger partial charge on any atom is -0.391 e. The van der Waals surface area contributed by atoms with Gasteiger partial charge in [-0.15, -0.1) is 11.3 Å². The second-order valence-corrected chi connectivity index (χ2v) is 5.82. The largest absolute Gasteiger partial charge is 0.391 e. The minimum absolute atomic E-state index is 0.144. The van der Waals surface area contributed by atoms with Crippen LogP contribution in [0, 0.1) is 6.92 Å². The lowest BCUT2D eigenvalue weighted by Crippen LogP contribution is -2.07. The third-order valence-electron chi connectivity index (χ3n) is 1.81. The Morgan fingerprint density at radius 2 is 2.35 bits per heavy atom. The van der Waals surface area contributed by atoms with Crippen molar-refractivity contribution in [1.29, 1.82) is 0 Å². The van der Waals surface area contributed by atoms with E-state index in [0.29, 0.717) is 20.1 Å². The average Bonchev–Trinajstić information content (AvgIpc) is 2.57. The van der Waals surface area contributed by atoms with Gasteiger partial charge in [-0.05, 0) is 18.7 Å². The van der Waals surface area contributed by atoms with Gasteiger partial charge in [-0.25, -0.2) is 9.97 Å². The Morgan fingerprint density at radius 3 is 2.94 bits per heavy atom. The van der Waals surface area contributed by atoms with Crippen molar-refractivity contribution in [2.24, 2.45) is 0 Å². The Labute approximate surface area is 110 Å². The summed E-state index contributed by atoms with van der Waals surface area (Å²) in [6.45, 7) is 1.60. The number of aromatic nitrogens is 3. The quantitative estimate of drug-likeness (QED) is 0.843. The molecule has 2 aromatic rings. The minimum atomic E-state index is -0.204. The maximum atomic E-state index is 11.2. The van der Waals surface area contributed by atoms with E-state index in [1.165, 1.54) is 29.2 Å². The number of hydrogen-bond acceptors (Lipinski definition) is 6. The first-order valence-corrected chi connectivity index (χ1v) is 6.61. The maximum Gasteiger partial charge on any atom is 0.251 e.